The number of hydrogen-bond acceptors (Lipinski definition) is 3. The number of thiophene rings is 1. The molecule has 2 nitrogen and oxygen atoms in total. The summed E-state index contributed by atoms with van der Waals surface area (Å²) in [5, 5.41) is 3.02. The van der Waals surface area contributed by atoms with Gasteiger partial charge in [0.25, 0.3) is 0 Å². The number of aryl methyl sites for hydroxylation is 1. The highest BCUT2D eigenvalue weighted by Gasteiger charge is 2.09. The van der Waals surface area contributed by atoms with Gasteiger partial charge in [-0.05, 0) is 29.5 Å². The minimum atomic E-state index is 0.691. The van der Waals surface area contributed by atoms with Crippen LogP contribution in [0, 0.1) is 0 Å². The lowest BCUT2D eigenvalue weighted by Gasteiger charge is -2.06. The van der Waals surface area contributed by atoms with E-state index in [1.165, 1.54) is 0 Å². The van der Waals surface area contributed by atoms with Crippen molar-refractivity contribution in [3.05, 3.63) is 28.6 Å². The molecule has 0 aliphatic rings. The number of nitrogens with two attached hydrogens (primary N) is 1. The molecular weight excluding hydrogens is 194 g/mol. The molecule has 0 bridgehead atoms. The van der Waals surface area contributed by atoms with Gasteiger partial charge < -0.3 is 5.73 Å². The number of carbonyl (C=O) groups excluding carboxylic acids is 1. The van der Waals surface area contributed by atoms with Crippen molar-refractivity contribution in [3.8, 4) is 0 Å². The average molecular weight is 205 g/mol. The molecule has 0 saturated heterocycles. The van der Waals surface area contributed by atoms with Crippen LogP contribution in [-0.4, -0.2) is 6.29 Å². The molecule has 0 amide bonds. The lowest BCUT2D eigenvalue weighted by Crippen LogP contribution is -1.95. The fourth-order valence-corrected chi connectivity index (χ4v) is 2.75. The normalized spacial score (nSPS) is 10.6. The zero-order valence-corrected chi connectivity index (χ0v) is 8.73. The van der Waals surface area contributed by atoms with Gasteiger partial charge in [0, 0.05) is 21.3 Å². The van der Waals surface area contributed by atoms with Gasteiger partial charge in [-0.3, -0.25) is 4.79 Å². The molecule has 1 aromatic carbocycles. The molecule has 0 atom stereocenters. The third-order valence-corrected chi connectivity index (χ3v) is 3.36. The molecule has 1 heterocycles. The molecule has 0 radical (unpaired) electrons. The molecule has 0 unspecified atom stereocenters. The number of carbonyl (C=O) groups is 1. The second-order valence-corrected chi connectivity index (χ2v) is 4.08. The molecule has 72 valence electrons. The summed E-state index contributed by atoms with van der Waals surface area (Å²) in [6.45, 7) is 2.07. The summed E-state index contributed by atoms with van der Waals surface area (Å²) in [5.74, 6) is 0. The molecule has 0 spiro atoms. The number of rotatable bonds is 2. The molecule has 2 rings (SSSR count). The van der Waals surface area contributed by atoms with Gasteiger partial charge in [-0.2, -0.15) is 0 Å². The smallest absolute Gasteiger partial charge is 0.150 e. The molecule has 0 aliphatic heterocycles. The van der Waals surface area contributed by atoms with Crippen molar-refractivity contribution in [1.29, 1.82) is 0 Å². The van der Waals surface area contributed by atoms with E-state index in [0.29, 0.717) is 5.56 Å². The Hall–Kier alpha value is -1.35. The lowest BCUT2D eigenvalue weighted by atomic mass is 10.0. The molecule has 0 saturated carbocycles. The molecule has 14 heavy (non-hydrogen) atoms. The molecule has 2 N–H and O–H groups in total. The van der Waals surface area contributed by atoms with Gasteiger partial charge in [0.2, 0.25) is 0 Å². The second-order valence-electron chi connectivity index (χ2n) is 3.17. The van der Waals surface area contributed by atoms with Crippen molar-refractivity contribution in [2.75, 3.05) is 5.73 Å². The Morgan fingerprint density at radius 1 is 1.57 bits per heavy atom. The molecule has 0 aliphatic carbocycles. The minimum absolute atomic E-state index is 0.691. The maximum Gasteiger partial charge on any atom is 0.150 e. The molecule has 1 aromatic heterocycles. The summed E-state index contributed by atoms with van der Waals surface area (Å²) in [6, 6.07) is 3.74. The summed E-state index contributed by atoms with van der Waals surface area (Å²) in [6.07, 6.45) is 1.77. The minimum Gasteiger partial charge on any atom is -0.398 e. The first-order valence-corrected chi connectivity index (χ1v) is 5.39. The Bertz CT molecular complexity index is 487. The Kier molecular flexibility index (Phi) is 2.25. The van der Waals surface area contributed by atoms with Gasteiger partial charge in [0.15, 0.2) is 6.29 Å². The first-order valence-electron chi connectivity index (χ1n) is 4.51. The summed E-state index contributed by atoms with van der Waals surface area (Å²) in [4.78, 5) is 10.8. The largest absolute Gasteiger partial charge is 0.398 e. The van der Waals surface area contributed by atoms with Crippen molar-refractivity contribution in [2.45, 2.75) is 13.3 Å². The summed E-state index contributed by atoms with van der Waals surface area (Å²) in [5.41, 5.74) is 8.45. The number of fused-ring (bicyclic) bond motifs is 1. The second kappa shape index (κ2) is 3.42. The van der Waals surface area contributed by atoms with Crippen LogP contribution in [0.15, 0.2) is 17.5 Å². The predicted octanol–water partition coefficient (Wildman–Crippen LogP) is 2.86. The van der Waals surface area contributed by atoms with Crippen molar-refractivity contribution in [1.82, 2.24) is 0 Å². The van der Waals surface area contributed by atoms with Crippen LogP contribution in [0.4, 0.5) is 5.69 Å². The van der Waals surface area contributed by atoms with E-state index in [1.807, 2.05) is 11.4 Å². The highest BCUT2D eigenvalue weighted by Crippen LogP contribution is 2.31. The fraction of sp³-hybridized carbons (Fsp3) is 0.182. The van der Waals surface area contributed by atoms with E-state index in [-0.39, 0.29) is 0 Å². The van der Waals surface area contributed by atoms with E-state index in [1.54, 1.807) is 17.4 Å². The van der Waals surface area contributed by atoms with Crippen LogP contribution < -0.4 is 5.73 Å². The zero-order chi connectivity index (χ0) is 10.1. The third-order valence-electron chi connectivity index (χ3n) is 2.39. The van der Waals surface area contributed by atoms with Gasteiger partial charge in [0.1, 0.15) is 0 Å². The zero-order valence-electron chi connectivity index (χ0n) is 7.91. The van der Waals surface area contributed by atoms with Crippen LogP contribution in [0.1, 0.15) is 22.8 Å². The van der Waals surface area contributed by atoms with Crippen LogP contribution in [0.25, 0.3) is 10.1 Å². The van der Waals surface area contributed by atoms with Crippen molar-refractivity contribution < 1.29 is 4.79 Å². The van der Waals surface area contributed by atoms with Crippen molar-refractivity contribution in [3.63, 3.8) is 0 Å². The first-order chi connectivity index (χ1) is 6.77. The van der Waals surface area contributed by atoms with Crippen LogP contribution >= 0.6 is 11.3 Å². The maximum absolute atomic E-state index is 10.8. The number of nitrogen functional groups attached to an aromatic ring is 1. The van der Waals surface area contributed by atoms with Crippen LogP contribution in [0.2, 0.25) is 0 Å². The van der Waals surface area contributed by atoms with Crippen molar-refractivity contribution >= 4 is 33.4 Å². The first kappa shape index (κ1) is 9.21. The highest BCUT2D eigenvalue weighted by atomic mass is 32.1. The van der Waals surface area contributed by atoms with E-state index < -0.39 is 0 Å². The third kappa shape index (κ3) is 1.21. The van der Waals surface area contributed by atoms with Crippen molar-refractivity contribution in [2.24, 2.45) is 0 Å². The maximum atomic E-state index is 10.8. The number of anilines is 1. The van der Waals surface area contributed by atoms with Gasteiger partial charge in [-0.15, -0.1) is 11.3 Å². The fourth-order valence-electron chi connectivity index (χ4n) is 1.70. The number of hydrogen-bond donors (Lipinski definition) is 1. The lowest BCUT2D eigenvalue weighted by molar-refractivity contribution is 0.112. The summed E-state index contributed by atoms with van der Waals surface area (Å²) < 4.78 is 1.15. The van der Waals surface area contributed by atoms with Crippen LogP contribution in [0.5, 0.6) is 0 Å². The van der Waals surface area contributed by atoms with Gasteiger partial charge in [-0.1, -0.05) is 6.92 Å². The SMILES string of the molecule is CCc1c(N)cc(C=O)c2ccsc12. The molecule has 3 heteroatoms. The summed E-state index contributed by atoms with van der Waals surface area (Å²) in [7, 11) is 0. The molecule has 2 aromatic rings. The predicted molar refractivity (Wildman–Crippen MR) is 61.0 cm³/mol. The topological polar surface area (TPSA) is 43.1 Å². The van der Waals surface area contributed by atoms with Crippen LogP contribution in [0.3, 0.4) is 0 Å². The Morgan fingerprint density at radius 2 is 2.36 bits per heavy atom. The van der Waals surface area contributed by atoms with E-state index >= 15 is 0 Å². The van der Waals surface area contributed by atoms with Gasteiger partial charge in [0.05, 0.1) is 0 Å². The van der Waals surface area contributed by atoms with E-state index in [2.05, 4.69) is 6.92 Å². The van der Waals surface area contributed by atoms with E-state index in [0.717, 1.165) is 34.0 Å². The number of aldehydes is 1. The van der Waals surface area contributed by atoms with Gasteiger partial charge in [-0.25, -0.2) is 0 Å². The van der Waals surface area contributed by atoms with Gasteiger partial charge >= 0.3 is 0 Å². The van der Waals surface area contributed by atoms with E-state index in [4.69, 9.17) is 5.73 Å². The Labute approximate surface area is 86.3 Å². The highest BCUT2D eigenvalue weighted by molar-refractivity contribution is 7.17. The van der Waals surface area contributed by atoms with E-state index in [9.17, 15) is 4.79 Å². The molecular formula is C11H11NOS. The number of benzene rings is 1. The Balaban J connectivity index is 2.88. The molecule has 0 fully saturated rings. The monoisotopic (exact) mass is 205 g/mol. The van der Waals surface area contributed by atoms with Crippen LogP contribution in [-0.2, 0) is 6.42 Å². The standard InChI is InChI=1S/C11H11NOS/c1-2-8-10(12)5-7(6-13)9-3-4-14-11(8)9/h3-6H,2,12H2,1H3. The average Bonchev–Trinajstić information content (AvgIpc) is 2.65. The Morgan fingerprint density at radius 3 is 3.00 bits per heavy atom. The quantitative estimate of drug-likeness (QED) is 0.605. The summed E-state index contributed by atoms with van der Waals surface area (Å²) >= 11 is 1.64.